The molecular weight excluding hydrogens is 232 g/mol. The predicted octanol–water partition coefficient (Wildman–Crippen LogP) is 3.52. The Hall–Kier alpha value is -0.0800. The van der Waals surface area contributed by atoms with Crippen LogP contribution in [-0.4, -0.2) is 37.1 Å². The maximum atomic E-state index is 3.70. The van der Waals surface area contributed by atoms with Crippen molar-refractivity contribution in [2.24, 2.45) is 17.8 Å². The van der Waals surface area contributed by atoms with Crippen LogP contribution in [0.1, 0.15) is 59.3 Å². The van der Waals surface area contributed by atoms with Crippen LogP contribution >= 0.6 is 0 Å². The summed E-state index contributed by atoms with van der Waals surface area (Å²) in [5.74, 6) is 2.83. The molecule has 0 aromatic carbocycles. The highest BCUT2D eigenvalue weighted by molar-refractivity contribution is 4.86. The van der Waals surface area contributed by atoms with Crippen LogP contribution in [0.15, 0.2) is 0 Å². The van der Waals surface area contributed by atoms with E-state index in [4.69, 9.17) is 0 Å². The molecular formula is C17H34N2. The highest BCUT2D eigenvalue weighted by Gasteiger charge is 2.32. The molecule has 19 heavy (non-hydrogen) atoms. The Balaban J connectivity index is 1.79. The van der Waals surface area contributed by atoms with Gasteiger partial charge in [-0.1, -0.05) is 27.2 Å². The molecule has 2 aliphatic carbocycles. The summed E-state index contributed by atoms with van der Waals surface area (Å²) in [5.41, 5.74) is 0. The lowest BCUT2D eigenvalue weighted by Gasteiger charge is -2.32. The molecule has 2 nitrogen and oxygen atoms in total. The van der Waals surface area contributed by atoms with Gasteiger partial charge in [0.05, 0.1) is 0 Å². The predicted molar refractivity (Wildman–Crippen MR) is 83.4 cm³/mol. The summed E-state index contributed by atoms with van der Waals surface area (Å²) in [6.45, 7) is 12.1. The van der Waals surface area contributed by atoms with E-state index < -0.39 is 0 Å². The maximum Gasteiger partial charge on any atom is 0.0220 e. The van der Waals surface area contributed by atoms with E-state index in [-0.39, 0.29) is 0 Å². The molecule has 1 unspecified atom stereocenters. The van der Waals surface area contributed by atoms with Crippen molar-refractivity contribution in [3.8, 4) is 0 Å². The molecule has 0 radical (unpaired) electrons. The van der Waals surface area contributed by atoms with E-state index in [2.05, 4.69) is 31.0 Å². The van der Waals surface area contributed by atoms with Crippen LogP contribution in [0.25, 0.3) is 0 Å². The first-order valence-corrected chi connectivity index (χ1v) is 8.63. The van der Waals surface area contributed by atoms with Gasteiger partial charge in [-0.15, -0.1) is 0 Å². The molecule has 2 saturated carbocycles. The van der Waals surface area contributed by atoms with E-state index in [9.17, 15) is 0 Å². The first kappa shape index (κ1) is 15.3. The van der Waals surface area contributed by atoms with Gasteiger partial charge in [0.2, 0.25) is 0 Å². The van der Waals surface area contributed by atoms with Crippen LogP contribution in [0.4, 0.5) is 0 Å². The Morgan fingerprint density at radius 2 is 1.58 bits per heavy atom. The molecule has 0 aliphatic heterocycles. The van der Waals surface area contributed by atoms with Crippen molar-refractivity contribution in [2.75, 3.05) is 26.2 Å². The van der Waals surface area contributed by atoms with Gasteiger partial charge in [-0.3, -0.25) is 4.90 Å². The second kappa shape index (κ2) is 7.64. The Morgan fingerprint density at radius 3 is 2.00 bits per heavy atom. The normalized spacial score (nSPS) is 21.3. The van der Waals surface area contributed by atoms with Gasteiger partial charge in [-0.05, 0) is 56.4 Å². The lowest BCUT2D eigenvalue weighted by atomic mass is 10.1. The van der Waals surface area contributed by atoms with E-state index in [0.29, 0.717) is 0 Å². The van der Waals surface area contributed by atoms with Crippen LogP contribution in [0, 0.1) is 17.8 Å². The number of hydrogen-bond acceptors (Lipinski definition) is 2. The minimum absolute atomic E-state index is 0.766. The summed E-state index contributed by atoms with van der Waals surface area (Å²) in [5, 5.41) is 3.70. The second-order valence-electron chi connectivity index (χ2n) is 7.34. The van der Waals surface area contributed by atoms with Gasteiger partial charge in [0.15, 0.2) is 0 Å². The Morgan fingerprint density at radius 1 is 1.00 bits per heavy atom. The topological polar surface area (TPSA) is 15.3 Å². The van der Waals surface area contributed by atoms with E-state index >= 15 is 0 Å². The van der Waals surface area contributed by atoms with Crippen LogP contribution in [-0.2, 0) is 0 Å². The van der Waals surface area contributed by atoms with Crippen molar-refractivity contribution < 1.29 is 0 Å². The SMILES string of the molecule is CCCC(CNCC(C)C)N(CC1CC1)CC1CC1. The average Bonchev–Trinajstić information content (AvgIpc) is 3.21. The molecule has 1 N–H and O–H groups in total. The van der Waals surface area contributed by atoms with Crippen molar-refractivity contribution >= 4 is 0 Å². The van der Waals surface area contributed by atoms with E-state index in [0.717, 1.165) is 23.8 Å². The fourth-order valence-corrected chi connectivity index (χ4v) is 2.92. The molecule has 2 rings (SSSR count). The molecule has 0 saturated heterocycles. The summed E-state index contributed by atoms with van der Waals surface area (Å²) < 4.78 is 0. The fraction of sp³-hybridized carbons (Fsp3) is 1.00. The summed E-state index contributed by atoms with van der Waals surface area (Å²) in [7, 11) is 0. The largest absolute Gasteiger partial charge is 0.315 e. The number of nitrogens with one attached hydrogen (secondary N) is 1. The van der Waals surface area contributed by atoms with Gasteiger partial charge >= 0.3 is 0 Å². The summed E-state index contributed by atoms with van der Waals surface area (Å²) >= 11 is 0. The van der Waals surface area contributed by atoms with Crippen LogP contribution < -0.4 is 5.32 Å². The molecule has 0 bridgehead atoms. The maximum absolute atomic E-state index is 3.70. The van der Waals surface area contributed by atoms with Gasteiger partial charge in [0, 0.05) is 25.7 Å². The van der Waals surface area contributed by atoms with Gasteiger partial charge in [0.25, 0.3) is 0 Å². The third kappa shape index (κ3) is 6.27. The van der Waals surface area contributed by atoms with Gasteiger partial charge in [0.1, 0.15) is 0 Å². The summed E-state index contributed by atoms with van der Waals surface area (Å²) in [6, 6.07) is 0.782. The summed E-state index contributed by atoms with van der Waals surface area (Å²) in [6.07, 6.45) is 8.63. The average molecular weight is 266 g/mol. The molecule has 2 heteroatoms. The zero-order chi connectivity index (χ0) is 13.7. The van der Waals surface area contributed by atoms with Gasteiger partial charge in [-0.2, -0.15) is 0 Å². The third-order valence-electron chi connectivity index (χ3n) is 4.45. The number of hydrogen-bond donors (Lipinski definition) is 1. The van der Waals surface area contributed by atoms with Crippen molar-refractivity contribution in [1.82, 2.24) is 10.2 Å². The molecule has 0 heterocycles. The van der Waals surface area contributed by atoms with Gasteiger partial charge < -0.3 is 5.32 Å². The van der Waals surface area contributed by atoms with E-state index in [1.54, 1.807) is 0 Å². The first-order chi connectivity index (χ1) is 9.19. The zero-order valence-electron chi connectivity index (χ0n) is 13.3. The minimum atomic E-state index is 0.766. The lowest BCUT2D eigenvalue weighted by molar-refractivity contribution is 0.165. The summed E-state index contributed by atoms with van der Waals surface area (Å²) in [4.78, 5) is 2.84. The smallest absolute Gasteiger partial charge is 0.0220 e. The van der Waals surface area contributed by atoms with Crippen molar-refractivity contribution in [3.05, 3.63) is 0 Å². The molecule has 2 aliphatic rings. The molecule has 0 amide bonds. The van der Waals surface area contributed by atoms with Crippen LogP contribution in [0.3, 0.4) is 0 Å². The Bertz CT molecular complexity index is 230. The highest BCUT2D eigenvalue weighted by atomic mass is 15.2. The fourth-order valence-electron chi connectivity index (χ4n) is 2.92. The molecule has 0 aromatic heterocycles. The van der Waals surface area contributed by atoms with Crippen LogP contribution in [0.2, 0.25) is 0 Å². The lowest BCUT2D eigenvalue weighted by Crippen LogP contribution is -2.45. The van der Waals surface area contributed by atoms with E-state index in [1.807, 2.05) is 0 Å². The molecule has 1 atom stereocenters. The number of rotatable bonds is 11. The highest BCUT2D eigenvalue weighted by Crippen LogP contribution is 2.34. The monoisotopic (exact) mass is 266 g/mol. The standard InChI is InChI=1S/C17H34N2/c1-4-5-17(11-18-10-14(2)3)19(12-15-6-7-15)13-16-8-9-16/h14-18H,4-13H2,1-3H3. The number of nitrogens with zero attached hydrogens (tertiary/aromatic N) is 1. The molecule has 0 aromatic rings. The van der Waals surface area contributed by atoms with E-state index in [1.165, 1.54) is 64.7 Å². The Kier molecular flexibility index (Phi) is 6.15. The van der Waals surface area contributed by atoms with Crippen molar-refractivity contribution in [2.45, 2.75) is 65.3 Å². The Labute approximate surface area is 120 Å². The molecule has 2 fully saturated rings. The molecule has 112 valence electrons. The van der Waals surface area contributed by atoms with Crippen molar-refractivity contribution in [3.63, 3.8) is 0 Å². The minimum Gasteiger partial charge on any atom is -0.315 e. The third-order valence-corrected chi connectivity index (χ3v) is 4.45. The molecule has 0 spiro atoms. The van der Waals surface area contributed by atoms with Crippen molar-refractivity contribution in [1.29, 1.82) is 0 Å². The first-order valence-electron chi connectivity index (χ1n) is 8.63. The van der Waals surface area contributed by atoms with Crippen LogP contribution in [0.5, 0.6) is 0 Å². The quantitative estimate of drug-likeness (QED) is 0.615. The van der Waals surface area contributed by atoms with Gasteiger partial charge in [-0.25, -0.2) is 0 Å². The zero-order valence-corrected chi connectivity index (χ0v) is 13.3. The second-order valence-corrected chi connectivity index (χ2v) is 7.34.